The maximum Gasteiger partial charge on any atom is 0.163 e. The second-order valence-electron chi connectivity index (χ2n) is 6.07. The molecule has 5 heteroatoms. The molecule has 0 aromatic carbocycles. The van der Waals surface area contributed by atoms with Crippen LogP contribution in [0.3, 0.4) is 0 Å². The van der Waals surface area contributed by atoms with Gasteiger partial charge in [-0.1, -0.05) is 32.6 Å². The second kappa shape index (κ2) is 5.77. The first kappa shape index (κ1) is 13.3. The normalized spacial score (nSPS) is 23.1. The fraction of sp³-hybridized carbons (Fsp3) is 0.667. The largest absolute Gasteiger partial charge is 0.369 e. The molecule has 3 rings (SSSR count). The van der Waals surface area contributed by atoms with Crippen molar-refractivity contribution in [1.82, 2.24) is 19.7 Å². The van der Waals surface area contributed by atoms with Crippen LogP contribution >= 0.6 is 0 Å². The van der Waals surface area contributed by atoms with E-state index in [0.29, 0.717) is 0 Å². The topological polar surface area (TPSA) is 55.6 Å². The van der Waals surface area contributed by atoms with Gasteiger partial charge in [0.2, 0.25) is 0 Å². The SMILES string of the molecule is CC1CCC(CCNc2ncnc3c2cnn3C)CC1. The summed E-state index contributed by atoms with van der Waals surface area (Å²) in [6.45, 7) is 3.36. The van der Waals surface area contributed by atoms with Gasteiger partial charge in [-0.15, -0.1) is 0 Å². The molecule has 1 saturated carbocycles. The van der Waals surface area contributed by atoms with E-state index in [9.17, 15) is 0 Å². The van der Waals surface area contributed by atoms with Crippen molar-refractivity contribution >= 4 is 16.9 Å². The summed E-state index contributed by atoms with van der Waals surface area (Å²) < 4.78 is 1.78. The van der Waals surface area contributed by atoms with Crippen LogP contribution in [0, 0.1) is 11.8 Å². The molecule has 1 aliphatic carbocycles. The van der Waals surface area contributed by atoms with E-state index in [1.807, 2.05) is 13.2 Å². The molecular weight excluding hydrogens is 250 g/mol. The molecule has 5 nitrogen and oxygen atoms in total. The third-order valence-corrected chi connectivity index (χ3v) is 4.51. The second-order valence-corrected chi connectivity index (χ2v) is 6.07. The Morgan fingerprint density at radius 1 is 1.25 bits per heavy atom. The van der Waals surface area contributed by atoms with Gasteiger partial charge in [0.05, 0.1) is 11.6 Å². The Bertz CT molecular complexity index is 569. The van der Waals surface area contributed by atoms with E-state index in [1.54, 1.807) is 11.0 Å². The molecule has 0 spiro atoms. The summed E-state index contributed by atoms with van der Waals surface area (Å²) in [6, 6.07) is 0. The predicted molar refractivity (Wildman–Crippen MR) is 80.5 cm³/mol. The van der Waals surface area contributed by atoms with E-state index < -0.39 is 0 Å². The molecule has 1 fully saturated rings. The quantitative estimate of drug-likeness (QED) is 0.930. The van der Waals surface area contributed by atoms with Crippen molar-refractivity contribution in [2.24, 2.45) is 18.9 Å². The summed E-state index contributed by atoms with van der Waals surface area (Å²) in [4.78, 5) is 8.60. The summed E-state index contributed by atoms with van der Waals surface area (Å²) in [5.74, 6) is 2.72. The first-order chi connectivity index (χ1) is 9.74. The molecule has 0 radical (unpaired) electrons. The minimum atomic E-state index is 0.880. The Balaban J connectivity index is 1.57. The minimum Gasteiger partial charge on any atom is -0.369 e. The number of anilines is 1. The number of fused-ring (bicyclic) bond motifs is 1. The van der Waals surface area contributed by atoms with E-state index in [1.165, 1.54) is 32.1 Å². The third-order valence-electron chi connectivity index (χ3n) is 4.51. The lowest BCUT2D eigenvalue weighted by molar-refractivity contribution is 0.282. The number of hydrogen-bond donors (Lipinski definition) is 1. The van der Waals surface area contributed by atoms with Crippen LogP contribution in [-0.4, -0.2) is 26.3 Å². The molecule has 2 heterocycles. The lowest BCUT2D eigenvalue weighted by Crippen LogP contribution is -2.16. The maximum absolute atomic E-state index is 4.34. The van der Waals surface area contributed by atoms with Crippen LogP contribution in [0.5, 0.6) is 0 Å². The van der Waals surface area contributed by atoms with Crippen molar-refractivity contribution in [3.05, 3.63) is 12.5 Å². The van der Waals surface area contributed by atoms with Gasteiger partial charge < -0.3 is 5.32 Å². The van der Waals surface area contributed by atoms with Gasteiger partial charge in [0.1, 0.15) is 12.1 Å². The third kappa shape index (κ3) is 2.76. The van der Waals surface area contributed by atoms with Crippen molar-refractivity contribution in [1.29, 1.82) is 0 Å². The van der Waals surface area contributed by atoms with Crippen molar-refractivity contribution in [3.8, 4) is 0 Å². The summed E-state index contributed by atoms with van der Waals surface area (Å²) >= 11 is 0. The Kier molecular flexibility index (Phi) is 3.85. The van der Waals surface area contributed by atoms with Crippen LogP contribution < -0.4 is 5.32 Å². The number of nitrogens with one attached hydrogen (secondary N) is 1. The van der Waals surface area contributed by atoms with Gasteiger partial charge in [0, 0.05) is 13.6 Å². The summed E-state index contributed by atoms with van der Waals surface area (Å²) in [6.07, 6.45) is 10.2. The van der Waals surface area contributed by atoms with E-state index in [0.717, 1.165) is 35.2 Å². The van der Waals surface area contributed by atoms with Gasteiger partial charge in [-0.3, -0.25) is 4.68 Å². The van der Waals surface area contributed by atoms with Crippen LogP contribution in [0.25, 0.3) is 11.0 Å². The summed E-state index contributed by atoms with van der Waals surface area (Å²) in [5.41, 5.74) is 0.883. The van der Waals surface area contributed by atoms with E-state index in [-0.39, 0.29) is 0 Å². The van der Waals surface area contributed by atoms with Crippen LogP contribution in [0.4, 0.5) is 5.82 Å². The molecule has 0 amide bonds. The molecule has 0 aliphatic heterocycles. The predicted octanol–water partition coefficient (Wildman–Crippen LogP) is 2.99. The average molecular weight is 273 g/mol. The van der Waals surface area contributed by atoms with Crippen molar-refractivity contribution in [2.75, 3.05) is 11.9 Å². The molecular formula is C15H23N5. The summed E-state index contributed by atoms with van der Waals surface area (Å²) in [7, 11) is 1.91. The smallest absolute Gasteiger partial charge is 0.163 e. The highest BCUT2D eigenvalue weighted by Gasteiger charge is 2.17. The first-order valence-electron chi connectivity index (χ1n) is 7.60. The Labute approximate surface area is 119 Å². The Morgan fingerprint density at radius 2 is 2.05 bits per heavy atom. The highest BCUT2D eigenvalue weighted by molar-refractivity contribution is 5.85. The molecule has 0 atom stereocenters. The van der Waals surface area contributed by atoms with E-state index in [2.05, 4.69) is 27.3 Å². The highest BCUT2D eigenvalue weighted by Crippen LogP contribution is 2.30. The Morgan fingerprint density at radius 3 is 2.85 bits per heavy atom. The first-order valence-corrected chi connectivity index (χ1v) is 7.60. The van der Waals surface area contributed by atoms with E-state index >= 15 is 0 Å². The van der Waals surface area contributed by atoms with Crippen LogP contribution in [0.2, 0.25) is 0 Å². The fourth-order valence-electron chi connectivity index (χ4n) is 3.12. The zero-order valence-corrected chi connectivity index (χ0v) is 12.3. The number of rotatable bonds is 4. The fourth-order valence-corrected chi connectivity index (χ4v) is 3.12. The van der Waals surface area contributed by atoms with Crippen LogP contribution in [0.1, 0.15) is 39.0 Å². The monoisotopic (exact) mass is 273 g/mol. The molecule has 108 valence electrons. The van der Waals surface area contributed by atoms with Crippen molar-refractivity contribution in [3.63, 3.8) is 0 Å². The standard InChI is InChI=1S/C15H23N5/c1-11-3-5-12(6-4-11)7-8-16-14-13-9-19-20(2)15(13)18-10-17-14/h9-12H,3-8H2,1-2H3,(H,16,17,18). The van der Waals surface area contributed by atoms with Crippen LogP contribution in [-0.2, 0) is 7.05 Å². The molecule has 2 aromatic rings. The van der Waals surface area contributed by atoms with Gasteiger partial charge in [-0.25, -0.2) is 9.97 Å². The van der Waals surface area contributed by atoms with Crippen LogP contribution in [0.15, 0.2) is 12.5 Å². The van der Waals surface area contributed by atoms with Gasteiger partial charge in [0.15, 0.2) is 5.65 Å². The molecule has 1 N–H and O–H groups in total. The molecule has 1 aliphatic rings. The highest BCUT2D eigenvalue weighted by atomic mass is 15.3. The number of aromatic nitrogens is 4. The van der Waals surface area contributed by atoms with Gasteiger partial charge in [0.25, 0.3) is 0 Å². The number of nitrogens with zero attached hydrogens (tertiary/aromatic N) is 4. The van der Waals surface area contributed by atoms with E-state index in [4.69, 9.17) is 0 Å². The molecule has 0 saturated heterocycles. The molecule has 0 bridgehead atoms. The molecule has 20 heavy (non-hydrogen) atoms. The van der Waals surface area contributed by atoms with Gasteiger partial charge in [-0.2, -0.15) is 5.10 Å². The maximum atomic E-state index is 4.34. The van der Waals surface area contributed by atoms with Crippen molar-refractivity contribution in [2.45, 2.75) is 39.0 Å². The van der Waals surface area contributed by atoms with Crippen molar-refractivity contribution < 1.29 is 0 Å². The van der Waals surface area contributed by atoms with Gasteiger partial charge >= 0.3 is 0 Å². The average Bonchev–Trinajstić information content (AvgIpc) is 2.84. The minimum absolute atomic E-state index is 0.880. The number of aryl methyl sites for hydroxylation is 1. The van der Waals surface area contributed by atoms with Gasteiger partial charge in [-0.05, 0) is 18.3 Å². The summed E-state index contributed by atoms with van der Waals surface area (Å²) in [5, 5.41) is 8.70. The zero-order valence-electron chi connectivity index (χ0n) is 12.3. The lowest BCUT2D eigenvalue weighted by atomic mass is 9.81. The Hall–Kier alpha value is -1.65. The molecule has 2 aromatic heterocycles. The molecule has 0 unspecified atom stereocenters. The number of hydrogen-bond acceptors (Lipinski definition) is 4. The lowest BCUT2D eigenvalue weighted by Gasteiger charge is -2.26. The zero-order chi connectivity index (χ0) is 13.9.